The molecule has 0 aromatic carbocycles. The maximum absolute atomic E-state index is 9.30. The van der Waals surface area contributed by atoms with Gasteiger partial charge < -0.3 is 9.47 Å². The van der Waals surface area contributed by atoms with Gasteiger partial charge in [-0.3, -0.25) is 5.32 Å². The number of hydrogen-bond donors (Lipinski definition) is 1. The van der Waals surface area contributed by atoms with Crippen LogP contribution in [-0.4, -0.2) is 38.0 Å². The molecule has 4 nitrogen and oxygen atoms in total. The van der Waals surface area contributed by atoms with Crippen LogP contribution in [0.25, 0.3) is 0 Å². The van der Waals surface area contributed by atoms with Crippen LogP contribution in [0.1, 0.15) is 39.0 Å². The molecule has 0 aromatic rings. The minimum absolute atomic E-state index is 0.256. The van der Waals surface area contributed by atoms with Gasteiger partial charge in [-0.2, -0.15) is 5.26 Å². The normalized spacial score (nSPS) is 33.4. The highest BCUT2D eigenvalue weighted by Gasteiger charge is 2.39. The molecule has 102 valence electrons. The Labute approximate surface area is 110 Å². The fraction of sp³-hybridized carbons (Fsp3) is 0.929. The van der Waals surface area contributed by atoms with Crippen molar-refractivity contribution in [3.8, 4) is 6.07 Å². The Balaban J connectivity index is 1.73. The van der Waals surface area contributed by atoms with Crippen molar-refractivity contribution in [1.29, 1.82) is 5.26 Å². The summed E-state index contributed by atoms with van der Waals surface area (Å²) < 4.78 is 11.3. The van der Waals surface area contributed by atoms with Gasteiger partial charge in [0.05, 0.1) is 12.2 Å². The maximum Gasteiger partial charge on any atom is 0.109 e. The third-order valence-electron chi connectivity index (χ3n) is 4.11. The average Bonchev–Trinajstić information content (AvgIpc) is 2.82. The Hall–Kier alpha value is -0.630. The Morgan fingerprint density at radius 3 is 2.83 bits per heavy atom. The van der Waals surface area contributed by atoms with Gasteiger partial charge >= 0.3 is 0 Å². The lowest BCUT2D eigenvalue weighted by atomic mass is 9.99. The zero-order valence-electron chi connectivity index (χ0n) is 11.3. The van der Waals surface area contributed by atoms with E-state index < -0.39 is 0 Å². The Morgan fingerprint density at radius 1 is 1.39 bits per heavy atom. The van der Waals surface area contributed by atoms with E-state index >= 15 is 0 Å². The molecule has 2 rings (SSSR count). The van der Waals surface area contributed by atoms with E-state index in [1.165, 1.54) is 0 Å². The van der Waals surface area contributed by atoms with Crippen LogP contribution in [0.4, 0.5) is 0 Å². The number of nitriles is 1. The van der Waals surface area contributed by atoms with Crippen molar-refractivity contribution in [2.24, 2.45) is 5.92 Å². The monoisotopic (exact) mass is 252 g/mol. The van der Waals surface area contributed by atoms with E-state index in [0.29, 0.717) is 5.92 Å². The number of nitrogens with zero attached hydrogens (tertiary/aromatic N) is 1. The first kappa shape index (κ1) is 13.8. The van der Waals surface area contributed by atoms with E-state index in [2.05, 4.69) is 18.3 Å². The van der Waals surface area contributed by atoms with Crippen molar-refractivity contribution in [1.82, 2.24) is 5.32 Å². The first-order chi connectivity index (χ1) is 8.78. The molecule has 2 unspecified atom stereocenters. The predicted octanol–water partition coefficient (Wildman–Crippen LogP) is 1.85. The van der Waals surface area contributed by atoms with Crippen LogP contribution in [0.5, 0.6) is 0 Å². The molecule has 1 aliphatic heterocycles. The second-order valence-electron chi connectivity index (χ2n) is 5.48. The molecule has 1 saturated carbocycles. The molecule has 0 bridgehead atoms. The summed E-state index contributed by atoms with van der Waals surface area (Å²) in [4.78, 5) is 0. The highest BCUT2D eigenvalue weighted by Crippen LogP contribution is 2.32. The number of rotatable bonds is 5. The molecule has 18 heavy (non-hydrogen) atoms. The molecule has 1 N–H and O–H groups in total. The van der Waals surface area contributed by atoms with Gasteiger partial charge in [0.1, 0.15) is 5.54 Å². The second kappa shape index (κ2) is 6.51. The molecular formula is C14H24N2O2. The molecule has 2 atom stereocenters. The smallest absolute Gasteiger partial charge is 0.109 e. The van der Waals surface area contributed by atoms with Crippen molar-refractivity contribution in [3.63, 3.8) is 0 Å². The SMILES string of the molecule is CCNC1(C#N)CCC(OCC2CCOCC2)C1. The molecule has 2 fully saturated rings. The lowest BCUT2D eigenvalue weighted by molar-refractivity contribution is -0.00975. The average molecular weight is 252 g/mol. The van der Waals surface area contributed by atoms with Crippen LogP contribution in [0.3, 0.4) is 0 Å². The Morgan fingerprint density at radius 2 is 2.17 bits per heavy atom. The minimum Gasteiger partial charge on any atom is -0.381 e. The fourth-order valence-electron chi connectivity index (χ4n) is 2.97. The fourth-order valence-corrected chi connectivity index (χ4v) is 2.97. The minimum atomic E-state index is -0.338. The third-order valence-corrected chi connectivity index (χ3v) is 4.11. The molecule has 4 heteroatoms. The van der Waals surface area contributed by atoms with Crippen molar-refractivity contribution in [3.05, 3.63) is 0 Å². The van der Waals surface area contributed by atoms with E-state index in [1.54, 1.807) is 0 Å². The second-order valence-corrected chi connectivity index (χ2v) is 5.48. The first-order valence-electron chi connectivity index (χ1n) is 7.13. The van der Waals surface area contributed by atoms with Crippen LogP contribution in [0, 0.1) is 17.2 Å². The zero-order valence-corrected chi connectivity index (χ0v) is 11.3. The van der Waals surface area contributed by atoms with E-state index in [-0.39, 0.29) is 11.6 Å². The summed E-state index contributed by atoms with van der Waals surface area (Å²) >= 11 is 0. The maximum atomic E-state index is 9.30. The quantitative estimate of drug-likeness (QED) is 0.811. The number of ether oxygens (including phenoxy) is 2. The van der Waals surface area contributed by atoms with Gasteiger partial charge in [0, 0.05) is 26.2 Å². The van der Waals surface area contributed by atoms with Crippen LogP contribution in [0.15, 0.2) is 0 Å². The van der Waals surface area contributed by atoms with Gasteiger partial charge in [0.25, 0.3) is 0 Å². The zero-order chi connectivity index (χ0) is 12.8. The summed E-state index contributed by atoms with van der Waals surface area (Å²) in [5.74, 6) is 0.648. The van der Waals surface area contributed by atoms with Gasteiger partial charge in [0.2, 0.25) is 0 Å². The summed E-state index contributed by atoms with van der Waals surface area (Å²) in [5.41, 5.74) is -0.338. The van der Waals surface area contributed by atoms with E-state index in [4.69, 9.17) is 9.47 Å². The standard InChI is InChI=1S/C14H24N2O2/c1-2-16-14(11-15)6-3-13(9-14)18-10-12-4-7-17-8-5-12/h12-13,16H,2-10H2,1H3. The van der Waals surface area contributed by atoms with E-state index in [1.807, 2.05) is 0 Å². The van der Waals surface area contributed by atoms with E-state index in [0.717, 1.165) is 58.5 Å². The highest BCUT2D eigenvalue weighted by atomic mass is 16.5. The largest absolute Gasteiger partial charge is 0.381 e. The molecule has 1 aliphatic carbocycles. The van der Waals surface area contributed by atoms with Gasteiger partial charge in [-0.1, -0.05) is 6.92 Å². The van der Waals surface area contributed by atoms with Crippen molar-refractivity contribution in [2.45, 2.75) is 50.7 Å². The lowest BCUT2D eigenvalue weighted by Gasteiger charge is -2.25. The Bertz CT molecular complexity index is 297. The van der Waals surface area contributed by atoms with Gasteiger partial charge in [-0.25, -0.2) is 0 Å². The lowest BCUT2D eigenvalue weighted by Crippen LogP contribution is -2.42. The summed E-state index contributed by atoms with van der Waals surface area (Å²) in [5, 5.41) is 12.6. The van der Waals surface area contributed by atoms with Crippen molar-refractivity contribution in [2.75, 3.05) is 26.4 Å². The van der Waals surface area contributed by atoms with Crippen LogP contribution >= 0.6 is 0 Å². The van der Waals surface area contributed by atoms with Gasteiger partial charge in [0.15, 0.2) is 0 Å². The summed E-state index contributed by atoms with van der Waals surface area (Å²) in [6.07, 6.45) is 5.23. The molecule has 1 saturated heterocycles. The summed E-state index contributed by atoms with van der Waals surface area (Å²) in [6, 6.07) is 2.44. The summed E-state index contributed by atoms with van der Waals surface area (Å²) in [6.45, 7) is 5.48. The van der Waals surface area contributed by atoms with Gasteiger partial charge in [-0.15, -0.1) is 0 Å². The highest BCUT2D eigenvalue weighted by molar-refractivity contribution is 5.12. The Kier molecular flexibility index (Phi) is 4.99. The summed E-state index contributed by atoms with van der Waals surface area (Å²) in [7, 11) is 0. The molecule has 1 heterocycles. The topological polar surface area (TPSA) is 54.3 Å². The van der Waals surface area contributed by atoms with Crippen LogP contribution in [-0.2, 0) is 9.47 Å². The van der Waals surface area contributed by atoms with Crippen molar-refractivity contribution < 1.29 is 9.47 Å². The molecular weight excluding hydrogens is 228 g/mol. The third kappa shape index (κ3) is 3.44. The number of nitrogens with one attached hydrogen (secondary N) is 1. The molecule has 2 aliphatic rings. The number of hydrogen-bond acceptors (Lipinski definition) is 4. The molecule has 0 spiro atoms. The van der Waals surface area contributed by atoms with Crippen molar-refractivity contribution >= 4 is 0 Å². The molecule has 0 radical (unpaired) electrons. The van der Waals surface area contributed by atoms with Crippen LogP contribution in [0.2, 0.25) is 0 Å². The predicted molar refractivity (Wildman–Crippen MR) is 69.2 cm³/mol. The van der Waals surface area contributed by atoms with Crippen LogP contribution < -0.4 is 5.32 Å². The van der Waals surface area contributed by atoms with E-state index in [9.17, 15) is 5.26 Å². The van der Waals surface area contributed by atoms with Gasteiger partial charge in [-0.05, 0) is 38.1 Å². The molecule has 0 aromatic heterocycles. The first-order valence-corrected chi connectivity index (χ1v) is 7.13. The molecule has 0 amide bonds.